The molecule has 3 aliphatic carbocycles. The summed E-state index contributed by atoms with van der Waals surface area (Å²) in [5.74, 6) is 5.99. The zero-order valence-electron chi connectivity index (χ0n) is 17.7. The fraction of sp³-hybridized carbons (Fsp3) is 1.00. The minimum absolute atomic E-state index is 0.651. The first-order valence-electron chi connectivity index (χ1n) is 11.7. The van der Waals surface area contributed by atoms with Crippen LogP contribution in [0.3, 0.4) is 0 Å². The second kappa shape index (κ2) is 8.77. The molecule has 1 N–H and O–H groups in total. The van der Waals surface area contributed by atoms with E-state index >= 15 is 0 Å². The van der Waals surface area contributed by atoms with Gasteiger partial charge in [0.15, 0.2) is 0 Å². The Morgan fingerprint density at radius 1 is 0.920 bits per heavy atom. The van der Waals surface area contributed by atoms with Crippen molar-refractivity contribution in [1.82, 2.24) is 5.32 Å². The van der Waals surface area contributed by atoms with Crippen LogP contribution < -0.4 is 5.32 Å². The normalized spacial score (nSPS) is 43.9. The van der Waals surface area contributed by atoms with Crippen molar-refractivity contribution in [3.63, 3.8) is 0 Å². The molecule has 146 valence electrons. The molecule has 25 heavy (non-hydrogen) atoms. The van der Waals surface area contributed by atoms with E-state index < -0.39 is 0 Å². The van der Waals surface area contributed by atoms with Gasteiger partial charge in [0.2, 0.25) is 0 Å². The molecule has 3 rings (SSSR count). The lowest BCUT2D eigenvalue weighted by atomic mass is 9.53. The maximum absolute atomic E-state index is 3.39. The summed E-state index contributed by atoms with van der Waals surface area (Å²) in [7, 11) is 2.11. The van der Waals surface area contributed by atoms with E-state index in [0.717, 1.165) is 35.5 Å². The number of nitrogens with one attached hydrogen (secondary N) is 1. The molecule has 0 aromatic carbocycles. The molecule has 0 bridgehead atoms. The maximum atomic E-state index is 3.39. The van der Waals surface area contributed by atoms with Gasteiger partial charge in [0, 0.05) is 0 Å². The van der Waals surface area contributed by atoms with Crippen molar-refractivity contribution in [2.45, 2.75) is 97.8 Å². The van der Waals surface area contributed by atoms with Gasteiger partial charge in [0.05, 0.1) is 0 Å². The number of hydrogen-bond donors (Lipinski definition) is 1. The van der Waals surface area contributed by atoms with Gasteiger partial charge in [-0.3, -0.25) is 0 Å². The van der Waals surface area contributed by atoms with E-state index in [2.05, 4.69) is 33.1 Å². The fourth-order valence-corrected chi connectivity index (χ4v) is 7.58. The molecular weight excluding hydrogens is 302 g/mol. The third kappa shape index (κ3) is 4.12. The zero-order valence-corrected chi connectivity index (χ0v) is 17.7. The number of hydrogen-bond acceptors (Lipinski definition) is 1. The topological polar surface area (TPSA) is 12.0 Å². The van der Waals surface area contributed by atoms with Crippen LogP contribution in [0.2, 0.25) is 0 Å². The minimum Gasteiger partial charge on any atom is -0.320 e. The second-order valence-corrected chi connectivity index (χ2v) is 10.4. The van der Waals surface area contributed by atoms with E-state index in [-0.39, 0.29) is 0 Å². The Morgan fingerprint density at radius 3 is 2.40 bits per heavy atom. The summed E-state index contributed by atoms with van der Waals surface area (Å²) in [6, 6.07) is 0. The lowest BCUT2D eigenvalue weighted by molar-refractivity contribution is -0.0266. The third-order valence-electron chi connectivity index (χ3n) is 9.03. The maximum Gasteiger partial charge on any atom is -0.00493 e. The highest BCUT2D eigenvalue weighted by Crippen LogP contribution is 2.63. The van der Waals surface area contributed by atoms with E-state index in [1.807, 2.05) is 0 Å². The van der Waals surface area contributed by atoms with Crippen molar-refractivity contribution >= 4 is 0 Å². The molecule has 7 unspecified atom stereocenters. The summed E-state index contributed by atoms with van der Waals surface area (Å²) >= 11 is 0. The molecule has 3 aliphatic rings. The fourth-order valence-electron chi connectivity index (χ4n) is 7.58. The van der Waals surface area contributed by atoms with Gasteiger partial charge >= 0.3 is 0 Å². The van der Waals surface area contributed by atoms with Gasteiger partial charge in [-0.05, 0) is 93.0 Å². The Morgan fingerprint density at radius 2 is 1.64 bits per heavy atom. The average Bonchev–Trinajstić information content (AvgIpc) is 2.96. The average molecular weight is 348 g/mol. The van der Waals surface area contributed by atoms with E-state index in [9.17, 15) is 0 Å². The first-order valence-corrected chi connectivity index (χ1v) is 11.7. The molecule has 0 amide bonds. The summed E-state index contributed by atoms with van der Waals surface area (Å²) in [5, 5.41) is 3.39. The van der Waals surface area contributed by atoms with Crippen molar-refractivity contribution in [3.05, 3.63) is 0 Å². The molecule has 3 fully saturated rings. The predicted octanol–water partition coefficient (Wildman–Crippen LogP) is 6.67. The Kier molecular flexibility index (Phi) is 6.91. The lowest BCUT2D eigenvalue weighted by Gasteiger charge is -2.52. The molecule has 0 aliphatic heterocycles. The molecule has 0 saturated heterocycles. The van der Waals surface area contributed by atoms with Gasteiger partial charge in [-0.1, -0.05) is 59.3 Å². The van der Waals surface area contributed by atoms with Crippen molar-refractivity contribution in [2.24, 2.45) is 40.9 Å². The Hall–Kier alpha value is -0.0400. The monoisotopic (exact) mass is 347 g/mol. The highest BCUT2D eigenvalue weighted by atomic mass is 14.8. The van der Waals surface area contributed by atoms with E-state index in [4.69, 9.17) is 0 Å². The molecule has 1 heteroatoms. The molecule has 3 saturated carbocycles. The first-order chi connectivity index (χ1) is 12.1. The van der Waals surface area contributed by atoms with Gasteiger partial charge in [-0.15, -0.1) is 0 Å². The molecular formula is C24H45N. The van der Waals surface area contributed by atoms with Crippen LogP contribution in [-0.2, 0) is 0 Å². The van der Waals surface area contributed by atoms with Crippen LogP contribution in [0.5, 0.6) is 0 Å². The zero-order chi connectivity index (χ0) is 17.9. The number of fused-ring (bicyclic) bond motifs is 3. The van der Waals surface area contributed by atoms with Gasteiger partial charge in [0.1, 0.15) is 0 Å². The van der Waals surface area contributed by atoms with Crippen molar-refractivity contribution < 1.29 is 0 Å². The Bertz CT molecular complexity index is 405. The third-order valence-corrected chi connectivity index (χ3v) is 9.03. The quantitative estimate of drug-likeness (QED) is 0.598. The standard InChI is InChI=1S/C24H45N/c1-18-10-8-6-5-7-9-11-21-20(18)14-16-24(3)22(12-13-23(21)24)19(2)15-17-25-4/h18-23,25H,5-17H2,1-4H3. The van der Waals surface area contributed by atoms with Gasteiger partial charge < -0.3 is 5.32 Å². The summed E-state index contributed by atoms with van der Waals surface area (Å²) in [6.07, 6.45) is 18.0. The van der Waals surface area contributed by atoms with Gasteiger partial charge in [0.25, 0.3) is 0 Å². The highest BCUT2D eigenvalue weighted by Gasteiger charge is 2.54. The van der Waals surface area contributed by atoms with Gasteiger partial charge in [-0.25, -0.2) is 0 Å². The molecule has 1 nitrogen and oxygen atoms in total. The summed E-state index contributed by atoms with van der Waals surface area (Å²) in [5.41, 5.74) is 0.651. The summed E-state index contributed by atoms with van der Waals surface area (Å²) in [6.45, 7) is 9.06. The van der Waals surface area contributed by atoms with E-state index in [0.29, 0.717) is 5.41 Å². The Labute approximate surface area is 158 Å². The van der Waals surface area contributed by atoms with Crippen LogP contribution >= 0.6 is 0 Å². The predicted molar refractivity (Wildman–Crippen MR) is 110 cm³/mol. The SMILES string of the molecule is CNCCC(C)C1CCC2C3CCCCCCCC(C)C3CCC12C. The van der Waals surface area contributed by atoms with Crippen LogP contribution in [0, 0.1) is 40.9 Å². The molecule has 0 aromatic rings. The van der Waals surface area contributed by atoms with Crippen molar-refractivity contribution in [1.29, 1.82) is 0 Å². The van der Waals surface area contributed by atoms with E-state index in [1.165, 1.54) is 70.8 Å². The summed E-state index contributed by atoms with van der Waals surface area (Å²) < 4.78 is 0. The lowest BCUT2D eigenvalue weighted by Crippen LogP contribution is -2.44. The van der Waals surface area contributed by atoms with Crippen LogP contribution in [0.1, 0.15) is 97.8 Å². The first kappa shape index (κ1) is 19.7. The number of rotatable bonds is 4. The van der Waals surface area contributed by atoms with E-state index in [1.54, 1.807) is 12.8 Å². The van der Waals surface area contributed by atoms with Crippen molar-refractivity contribution in [3.8, 4) is 0 Å². The molecule has 0 aromatic heterocycles. The molecule has 0 heterocycles. The minimum atomic E-state index is 0.651. The molecule has 7 atom stereocenters. The molecule has 0 radical (unpaired) electrons. The van der Waals surface area contributed by atoms with Crippen LogP contribution in [-0.4, -0.2) is 13.6 Å². The van der Waals surface area contributed by atoms with Crippen LogP contribution in [0.25, 0.3) is 0 Å². The van der Waals surface area contributed by atoms with Gasteiger partial charge in [-0.2, -0.15) is 0 Å². The van der Waals surface area contributed by atoms with Crippen LogP contribution in [0.4, 0.5) is 0 Å². The second-order valence-electron chi connectivity index (χ2n) is 10.4. The highest BCUT2D eigenvalue weighted by molar-refractivity contribution is 5.04. The molecule has 0 spiro atoms. The summed E-state index contributed by atoms with van der Waals surface area (Å²) in [4.78, 5) is 0. The van der Waals surface area contributed by atoms with Crippen molar-refractivity contribution in [2.75, 3.05) is 13.6 Å². The Balaban J connectivity index is 1.74. The van der Waals surface area contributed by atoms with Crippen LogP contribution in [0.15, 0.2) is 0 Å². The largest absolute Gasteiger partial charge is 0.320 e. The smallest absolute Gasteiger partial charge is 0.00493 e.